The van der Waals surface area contributed by atoms with E-state index in [-0.39, 0.29) is 18.4 Å². The standard InChI is InChI=1S/C18H23NO3S/c1-11(2)16(20)10-19-18(21)17-9-15(12(3)23-17)13-5-7-14(22-4)8-6-13/h5-9,11,16,20H,10H2,1-4H3,(H,19,21). The summed E-state index contributed by atoms with van der Waals surface area (Å²) in [7, 11) is 1.64. The molecule has 2 aromatic rings. The highest BCUT2D eigenvalue weighted by molar-refractivity contribution is 7.14. The summed E-state index contributed by atoms with van der Waals surface area (Å²) in [4.78, 5) is 14.0. The number of aliphatic hydroxyl groups is 1. The summed E-state index contributed by atoms with van der Waals surface area (Å²) in [6.45, 7) is 6.12. The van der Waals surface area contributed by atoms with Gasteiger partial charge in [-0.3, -0.25) is 4.79 Å². The van der Waals surface area contributed by atoms with Crippen LogP contribution in [-0.4, -0.2) is 30.8 Å². The molecule has 4 nitrogen and oxygen atoms in total. The molecule has 2 N–H and O–H groups in total. The van der Waals surface area contributed by atoms with Gasteiger partial charge in [0.15, 0.2) is 0 Å². The summed E-state index contributed by atoms with van der Waals surface area (Å²) < 4.78 is 5.17. The highest BCUT2D eigenvalue weighted by atomic mass is 32.1. The maximum atomic E-state index is 12.2. The number of hydrogen-bond acceptors (Lipinski definition) is 4. The molecule has 0 fully saturated rings. The van der Waals surface area contributed by atoms with E-state index in [0.29, 0.717) is 4.88 Å². The summed E-state index contributed by atoms with van der Waals surface area (Å²) in [6, 6.07) is 9.69. The Balaban J connectivity index is 2.12. The number of carbonyl (C=O) groups excluding carboxylic acids is 1. The Labute approximate surface area is 141 Å². The summed E-state index contributed by atoms with van der Waals surface area (Å²) >= 11 is 1.46. The van der Waals surface area contributed by atoms with Gasteiger partial charge in [-0.05, 0) is 42.2 Å². The van der Waals surface area contributed by atoms with Crippen molar-refractivity contribution in [2.45, 2.75) is 26.9 Å². The summed E-state index contributed by atoms with van der Waals surface area (Å²) in [5, 5.41) is 12.6. The van der Waals surface area contributed by atoms with E-state index in [1.54, 1.807) is 7.11 Å². The molecule has 23 heavy (non-hydrogen) atoms. The number of methoxy groups -OCH3 is 1. The minimum Gasteiger partial charge on any atom is -0.497 e. The van der Waals surface area contributed by atoms with Gasteiger partial charge < -0.3 is 15.2 Å². The number of benzene rings is 1. The molecule has 1 heterocycles. The molecule has 1 unspecified atom stereocenters. The maximum absolute atomic E-state index is 12.2. The van der Waals surface area contributed by atoms with Crippen molar-refractivity contribution in [3.63, 3.8) is 0 Å². The first kappa shape index (κ1) is 17.5. The van der Waals surface area contributed by atoms with Crippen LogP contribution in [-0.2, 0) is 0 Å². The molecule has 0 saturated carbocycles. The molecular weight excluding hydrogens is 310 g/mol. The van der Waals surface area contributed by atoms with Gasteiger partial charge >= 0.3 is 0 Å². The van der Waals surface area contributed by atoms with Crippen molar-refractivity contribution in [2.75, 3.05) is 13.7 Å². The third kappa shape index (κ3) is 4.33. The Morgan fingerprint density at radius 2 is 1.96 bits per heavy atom. The van der Waals surface area contributed by atoms with Crippen molar-refractivity contribution in [3.8, 4) is 16.9 Å². The molecule has 0 bridgehead atoms. The van der Waals surface area contributed by atoms with Crippen LogP contribution < -0.4 is 10.1 Å². The Bertz CT molecular complexity index is 661. The number of carbonyl (C=O) groups is 1. The Morgan fingerprint density at radius 3 is 2.52 bits per heavy atom. The molecule has 1 aromatic carbocycles. The molecular formula is C18H23NO3S. The predicted octanol–water partition coefficient (Wildman–Crippen LogP) is 3.48. The third-order valence-electron chi connectivity index (χ3n) is 3.78. The minimum absolute atomic E-state index is 0.121. The van der Waals surface area contributed by atoms with Crippen molar-refractivity contribution in [1.29, 1.82) is 0 Å². The van der Waals surface area contributed by atoms with Crippen LogP contribution in [0.5, 0.6) is 5.75 Å². The SMILES string of the molecule is COc1ccc(-c2cc(C(=O)NCC(O)C(C)C)sc2C)cc1. The van der Waals surface area contributed by atoms with Gasteiger partial charge in [0.2, 0.25) is 0 Å². The highest BCUT2D eigenvalue weighted by Gasteiger charge is 2.16. The van der Waals surface area contributed by atoms with Crippen molar-refractivity contribution in [2.24, 2.45) is 5.92 Å². The first-order valence-corrected chi connectivity index (χ1v) is 8.45. The molecule has 124 valence electrons. The highest BCUT2D eigenvalue weighted by Crippen LogP contribution is 2.32. The Hall–Kier alpha value is -1.85. The monoisotopic (exact) mass is 333 g/mol. The average molecular weight is 333 g/mol. The van der Waals surface area contributed by atoms with Crippen LogP contribution in [0.1, 0.15) is 28.4 Å². The molecule has 5 heteroatoms. The van der Waals surface area contributed by atoms with E-state index in [1.165, 1.54) is 11.3 Å². The van der Waals surface area contributed by atoms with E-state index in [4.69, 9.17) is 4.74 Å². The van der Waals surface area contributed by atoms with Crippen LogP contribution in [0, 0.1) is 12.8 Å². The molecule has 2 rings (SSSR count). The number of aryl methyl sites for hydroxylation is 1. The minimum atomic E-state index is -0.527. The normalized spacial score (nSPS) is 12.3. The molecule has 0 aliphatic rings. The number of hydrogen-bond donors (Lipinski definition) is 2. The van der Waals surface area contributed by atoms with E-state index >= 15 is 0 Å². The number of nitrogens with one attached hydrogen (secondary N) is 1. The van der Waals surface area contributed by atoms with Crippen LogP contribution >= 0.6 is 11.3 Å². The first-order valence-electron chi connectivity index (χ1n) is 7.63. The number of aliphatic hydroxyl groups excluding tert-OH is 1. The third-order valence-corrected chi connectivity index (χ3v) is 4.83. The predicted molar refractivity (Wildman–Crippen MR) is 94.2 cm³/mol. The molecule has 0 spiro atoms. The fraction of sp³-hybridized carbons (Fsp3) is 0.389. The van der Waals surface area contributed by atoms with Gasteiger partial charge in [0.25, 0.3) is 5.91 Å². The average Bonchev–Trinajstić information content (AvgIpc) is 2.94. The van der Waals surface area contributed by atoms with Crippen LogP contribution in [0.15, 0.2) is 30.3 Å². The smallest absolute Gasteiger partial charge is 0.261 e. The Kier molecular flexibility index (Phi) is 5.80. The first-order chi connectivity index (χ1) is 10.9. The van der Waals surface area contributed by atoms with Gasteiger partial charge in [0.05, 0.1) is 18.1 Å². The zero-order chi connectivity index (χ0) is 17.0. The topological polar surface area (TPSA) is 58.6 Å². The molecule has 0 radical (unpaired) electrons. The summed E-state index contributed by atoms with van der Waals surface area (Å²) in [6.07, 6.45) is -0.527. The van der Waals surface area contributed by atoms with E-state index in [0.717, 1.165) is 21.8 Å². The van der Waals surface area contributed by atoms with Crippen molar-refractivity contribution >= 4 is 17.2 Å². The summed E-state index contributed by atoms with van der Waals surface area (Å²) in [5.74, 6) is 0.787. The second-order valence-electron chi connectivity index (χ2n) is 5.83. The van der Waals surface area contributed by atoms with Gasteiger partial charge in [-0.2, -0.15) is 0 Å². The largest absolute Gasteiger partial charge is 0.497 e. The van der Waals surface area contributed by atoms with Crippen LogP contribution in [0.4, 0.5) is 0 Å². The Morgan fingerprint density at radius 1 is 1.30 bits per heavy atom. The van der Waals surface area contributed by atoms with Gasteiger partial charge in [0.1, 0.15) is 5.75 Å². The number of ether oxygens (including phenoxy) is 1. The lowest BCUT2D eigenvalue weighted by molar-refractivity contribution is 0.0875. The molecule has 0 aliphatic carbocycles. The maximum Gasteiger partial charge on any atom is 0.261 e. The quantitative estimate of drug-likeness (QED) is 0.851. The van der Waals surface area contributed by atoms with Crippen molar-refractivity contribution < 1.29 is 14.6 Å². The number of rotatable bonds is 6. The fourth-order valence-corrected chi connectivity index (χ4v) is 3.13. The lowest BCUT2D eigenvalue weighted by Gasteiger charge is -2.14. The van der Waals surface area contributed by atoms with Crippen LogP contribution in [0.25, 0.3) is 11.1 Å². The lowest BCUT2D eigenvalue weighted by Crippen LogP contribution is -2.34. The van der Waals surface area contributed by atoms with E-state index < -0.39 is 6.10 Å². The molecule has 1 atom stereocenters. The molecule has 0 aliphatic heterocycles. The van der Waals surface area contributed by atoms with Crippen molar-refractivity contribution in [3.05, 3.63) is 40.1 Å². The van der Waals surface area contributed by atoms with E-state index in [1.807, 2.05) is 51.1 Å². The van der Waals surface area contributed by atoms with Gasteiger partial charge in [-0.1, -0.05) is 26.0 Å². The van der Waals surface area contributed by atoms with Crippen LogP contribution in [0.2, 0.25) is 0 Å². The van der Waals surface area contributed by atoms with Gasteiger partial charge in [0, 0.05) is 11.4 Å². The lowest BCUT2D eigenvalue weighted by atomic mass is 10.1. The van der Waals surface area contributed by atoms with E-state index in [2.05, 4.69) is 5.32 Å². The zero-order valence-corrected chi connectivity index (χ0v) is 14.7. The van der Waals surface area contributed by atoms with Gasteiger partial charge in [-0.25, -0.2) is 0 Å². The second-order valence-corrected chi connectivity index (χ2v) is 7.09. The second kappa shape index (κ2) is 7.62. The molecule has 1 aromatic heterocycles. The molecule has 0 saturated heterocycles. The van der Waals surface area contributed by atoms with E-state index in [9.17, 15) is 9.90 Å². The fourth-order valence-electron chi connectivity index (χ4n) is 2.17. The number of thiophene rings is 1. The number of amides is 1. The van der Waals surface area contributed by atoms with Crippen LogP contribution in [0.3, 0.4) is 0 Å². The summed E-state index contributed by atoms with van der Waals surface area (Å²) in [5.41, 5.74) is 2.10. The van der Waals surface area contributed by atoms with Crippen molar-refractivity contribution in [1.82, 2.24) is 5.32 Å². The zero-order valence-electron chi connectivity index (χ0n) is 13.9. The molecule has 1 amide bonds. The van der Waals surface area contributed by atoms with Gasteiger partial charge in [-0.15, -0.1) is 11.3 Å².